The van der Waals surface area contributed by atoms with Crippen molar-refractivity contribution in [2.45, 2.75) is 20.3 Å². The smallest absolute Gasteiger partial charge is 0.168 e. The van der Waals surface area contributed by atoms with Crippen molar-refractivity contribution < 1.29 is 8.42 Å². The molecule has 0 aromatic carbocycles. The molecule has 0 unspecified atom stereocenters. The van der Waals surface area contributed by atoms with Gasteiger partial charge in [0.2, 0.25) is 0 Å². The van der Waals surface area contributed by atoms with Crippen molar-refractivity contribution in [2.75, 3.05) is 31.1 Å². The largest absolute Gasteiger partial charge is 0.362 e. The molecule has 0 aliphatic carbocycles. The minimum Gasteiger partial charge on any atom is -0.362 e. The summed E-state index contributed by atoms with van der Waals surface area (Å²) in [5.74, 6) is 1.04. The number of hydrogen-bond acceptors (Lipinski definition) is 3. The van der Waals surface area contributed by atoms with Crippen LogP contribution >= 0.6 is 12.2 Å². The summed E-state index contributed by atoms with van der Waals surface area (Å²) in [4.78, 5) is 1.96. The highest BCUT2D eigenvalue weighted by Gasteiger charge is 2.20. The molecule has 1 aliphatic rings. The second-order valence-electron chi connectivity index (χ2n) is 4.57. The van der Waals surface area contributed by atoms with Crippen LogP contribution in [-0.4, -0.2) is 49.6 Å². The van der Waals surface area contributed by atoms with E-state index in [1.807, 2.05) is 4.90 Å². The van der Waals surface area contributed by atoms with E-state index >= 15 is 0 Å². The molecule has 0 amide bonds. The van der Waals surface area contributed by atoms with Crippen LogP contribution in [0.3, 0.4) is 0 Å². The summed E-state index contributed by atoms with van der Waals surface area (Å²) in [6, 6.07) is 0. The van der Waals surface area contributed by atoms with Crippen molar-refractivity contribution in [1.82, 2.24) is 10.2 Å². The lowest BCUT2D eigenvalue weighted by Crippen LogP contribution is -2.42. The first-order chi connectivity index (χ1) is 7.41. The second kappa shape index (κ2) is 5.82. The van der Waals surface area contributed by atoms with Crippen LogP contribution in [0, 0.1) is 5.92 Å². The van der Waals surface area contributed by atoms with E-state index in [2.05, 4.69) is 19.2 Å². The van der Waals surface area contributed by atoms with Gasteiger partial charge in [0.1, 0.15) is 0 Å². The monoisotopic (exact) mass is 264 g/mol. The highest BCUT2D eigenvalue weighted by molar-refractivity contribution is 7.91. The Morgan fingerprint density at radius 3 is 2.69 bits per heavy atom. The standard InChI is InChI=1S/C10H20N2O2S2/c1-9(2)8-11-10(15)12-4-3-6-16(13,14)7-5-12/h9H,3-8H2,1-2H3,(H,11,15). The lowest BCUT2D eigenvalue weighted by molar-refractivity contribution is 0.436. The first-order valence-corrected chi connectivity index (χ1v) is 7.87. The summed E-state index contributed by atoms with van der Waals surface area (Å²) in [5.41, 5.74) is 0. The molecule has 0 saturated carbocycles. The lowest BCUT2D eigenvalue weighted by atomic mass is 10.2. The van der Waals surface area contributed by atoms with E-state index in [-0.39, 0.29) is 11.5 Å². The third kappa shape index (κ3) is 4.65. The maximum absolute atomic E-state index is 11.4. The number of nitrogens with zero attached hydrogens (tertiary/aromatic N) is 1. The summed E-state index contributed by atoms with van der Waals surface area (Å²) in [7, 11) is -2.85. The van der Waals surface area contributed by atoms with E-state index in [0.717, 1.165) is 13.1 Å². The SMILES string of the molecule is CC(C)CNC(=S)N1CCCS(=O)(=O)CC1. The molecular formula is C10H20N2O2S2. The number of nitrogens with one attached hydrogen (secondary N) is 1. The summed E-state index contributed by atoms with van der Waals surface area (Å²) in [6.45, 7) is 6.32. The van der Waals surface area contributed by atoms with Gasteiger partial charge in [0.15, 0.2) is 14.9 Å². The zero-order chi connectivity index (χ0) is 12.2. The van der Waals surface area contributed by atoms with E-state index < -0.39 is 9.84 Å². The first kappa shape index (κ1) is 13.7. The van der Waals surface area contributed by atoms with Gasteiger partial charge in [-0.05, 0) is 24.6 Å². The minimum atomic E-state index is -2.85. The molecule has 0 aromatic rings. The predicted octanol–water partition coefficient (Wildman–Crippen LogP) is 0.637. The Hall–Kier alpha value is -0.360. The number of thiocarbonyl (C=S) groups is 1. The molecule has 16 heavy (non-hydrogen) atoms. The molecule has 0 bridgehead atoms. The summed E-state index contributed by atoms with van der Waals surface area (Å²) in [6.07, 6.45) is 0.672. The molecule has 4 nitrogen and oxygen atoms in total. The number of sulfone groups is 1. The van der Waals surface area contributed by atoms with Gasteiger partial charge in [0.05, 0.1) is 11.5 Å². The molecule has 94 valence electrons. The Morgan fingerprint density at radius 2 is 2.06 bits per heavy atom. The van der Waals surface area contributed by atoms with Crippen molar-refractivity contribution in [3.63, 3.8) is 0 Å². The van der Waals surface area contributed by atoms with Crippen molar-refractivity contribution in [3.8, 4) is 0 Å². The van der Waals surface area contributed by atoms with E-state index in [1.165, 1.54) is 0 Å². The lowest BCUT2D eigenvalue weighted by Gasteiger charge is -2.24. The van der Waals surface area contributed by atoms with Gasteiger partial charge in [-0.25, -0.2) is 8.42 Å². The Balaban J connectivity index is 2.45. The molecule has 0 atom stereocenters. The van der Waals surface area contributed by atoms with Crippen LogP contribution in [-0.2, 0) is 9.84 Å². The maximum atomic E-state index is 11.4. The van der Waals surface area contributed by atoms with Crippen LogP contribution in [0.1, 0.15) is 20.3 Å². The molecule has 1 fully saturated rings. The average Bonchev–Trinajstić information content (AvgIpc) is 2.35. The number of hydrogen-bond donors (Lipinski definition) is 1. The number of rotatable bonds is 2. The first-order valence-electron chi connectivity index (χ1n) is 5.64. The summed E-state index contributed by atoms with van der Waals surface area (Å²) < 4.78 is 22.8. The van der Waals surface area contributed by atoms with Crippen LogP contribution in [0.15, 0.2) is 0 Å². The van der Waals surface area contributed by atoms with Crippen LogP contribution in [0.5, 0.6) is 0 Å². The van der Waals surface area contributed by atoms with Gasteiger partial charge >= 0.3 is 0 Å². The molecule has 1 rings (SSSR count). The van der Waals surface area contributed by atoms with Crippen LogP contribution in [0.25, 0.3) is 0 Å². The third-order valence-electron chi connectivity index (χ3n) is 2.50. The maximum Gasteiger partial charge on any atom is 0.168 e. The second-order valence-corrected chi connectivity index (χ2v) is 7.26. The van der Waals surface area contributed by atoms with E-state index in [4.69, 9.17) is 12.2 Å². The van der Waals surface area contributed by atoms with Gasteiger partial charge in [0.25, 0.3) is 0 Å². The van der Waals surface area contributed by atoms with Crippen LogP contribution in [0.2, 0.25) is 0 Å². The molecule has 0 spiro atoms. The van der Waals surface area contributed by atoms with E-state index in [0.29, 0.717) is 24.0 Å². The predicted molar refractivity (Wildman–Crippen MR) is 70.3 cm³/mol. The van der Waals surface area contributed by atoms with Crippen molar-refractivity contribution in [3.05, 3.63) is 0 Å². The fourth-order valence-electron chi connectivity index (χ4n) is 1.54. The normalized spacial score (nSPS) is 20.6. The van der Waals surface area contributed by atoms with Crippen molar-refractivity contribution >= 4 is 27.2 Å². The molecule has 1 aliphatic heterocycles. The molecular weight excluding hydrogens is 244 g/mol. The van der Waals surface area contributed by atoms with Gasteiger partial charge in [0, 0.05) is 19.6 Å². The zero-order valence-electron chi connectivity index (χ0n) is 9.90. The summed E-state index contributed by atoms with van der Waals surface area (Å²) in [5, 5.41) is 3.86. The van der Waals surface area contributed by atoms with Crippen LogP contribution < -0.4 is 5.32 Å². The van der Waals surface area contributed by atoms with Crippen LogP contribution in [0.4, 0.5) is 0 Å². The fourth-order valence-corrected chi connectivity index (χ4v) is 3.08. The Kier molecular flexibility index (Phi) is 4.98. The molecule has 1 heterocycles. The zero-order valence-corrected chi connectivity index (χ0v) is 11.5. The molecule has 1 N–H and O–H groups in total. The topological polar surface area (TPSA) is 49.4 Å². The third-order valence-corrected chi connectivity index (χ3v) is 4.62. The van der Waals surface area contributed by atoms with Crippen molar-refractivity contribution in [2.24, 2.45) is 5.92 Å². The van der Waals surface area contributed by atoms with Gasteiger partial charge in [-0.3, -0.25) is 0 Å². The Morgan fingerprint density at radius 1 is 1.38 bits per heavy atom. The molecule has 0 aromatic heterocycles. The van der Waals surface area contributed by atoms with Gasteiger partial charge in [-0.15, -0.1) is 0 Å². The Bertz CT molecular complexity index is 339. The highest BCUT2D eigenvalue weighted by Crippen LogP contribution is 2.05. The van der Waals surface area contributed by atoms with Gasteiger partial charge in [-0.1, -0.05) is 13.8 Å². The molecule has 6 heteroatoms. The van der Waals surface area contributed by atoms with Gasteiger partial charge < -0.3 is 10.2 Å². The minimum absolute atomic E-state index is 0.219. The van der Waals surface area contributed by atoms with E-state index in [9.17, 15) is 8.42 Å². The molecule has 0 radical (unpaired) electrons. The molecule has 1 saturated heterocycles. The Labute approximate surface area is 103 Å². The van der Waals surface area contributed by atoms with Gasteiger partial charge in [-0.2, -0.15) is 0 Å². The quantitative estimate of drug-likeness (QED) is 0.742. The highest BCUT2D eigenvalue weighted by atomic mass is 32.2. The average molecular weight is 264 g/mol. The van der Waals surface area contributed by atoms with E-state index in [1.54, 1.807) is 0 Å². The summed E-state index contributed by atoms with van der Waals surface area (Å²) >= 11 is 5.25. The fraction of sp³-hybridized carbons (Fsp3) is 0.900. The van der Waals surface area contributed by atoms with Crippen molar-refractivity contribution in [1.29, 1.82) is 0 Å².